The zero-order valence-corrected chi connectivity index (χ0v) is 13.5. The lowest BCUT2D eigenvalue weighted by atomic mass is 9.48. The summed E-state index contributed by atoms with van der Waals surface area (Å²) in [6, 6.07) is 8.21. The van der Waals surface area contributed by atoms with Crippen molar-refractivity contribution in [3.8, 4) is 0 Å². The van der Waals surface area contributed by atoms with Crippen molar-refractivity contribution in [1.29, 1.82) is 0 Å². The maximum atomic E-state index is 6.05. The molecule has 1 saturated carbocycles. The molecular weight excluding hydrogens is 286 g/mol. The van der Waals surface area contributed by atoms with Crippen molar-refractivity contribution >= 4 is 22.9 Å². The van der Waals surface area contributed by atoms with Gasteiger partial charge in [0, 0.05) is 0 Å². The minimum Gasteiger partial charge on any atom is -0.370 e. The van der Waals surface area contributed by atoms with Crippen LogP contribution in [-0.4, -0.2) is 15.5 Å². The summed E-state index contributed by atoms with van der Waals surface area (Å²) in [4.78, 5) is 9.43. The van der Waals surface area contributed by atoms with Crippen LogP contribution in [0, 0.1) is 17.3 Å². The van der Waals surface area contributed by atoms with E-state index in [0.717, 1.165) is 29.3 Å². The lowest BCUT2D eigenvalue weighted by Crippen LogP contribution is -2.49. The number of aliphatic imine (C=N–C) groups is 1. The molecule has 1 fully saturated rings. The van der Waals surface area contributed by atoms with E-state index < -0.39 is 0 Å². The van der Waals surface area contributed by atoms with E-state index in [1.54, 1.807) is 0 Å². The maximum Gasteiger partial charge on any atom is 0.212 e. The number of nitrogens with zero attached hydrogens (tertiary/aromatic N) is 3. The standard InChI is InChI=1S/C18H21N5/c1-18(2)10-7-8-11(12(18)9-10)15-21-16(19)22-17-20-13-5-3-4-6-14(13)23(15)17/h3-6,8,10,12,15H,7,9H2,1-2H3,(H3,19,20,21,22). The van der Waals surface area contributed by atoms with Crippen LogP contribution in [0.2, 0.25) is 0 Å². The molecule has 6 rings (SSSR count). The fourth-order valence-corrected chi connectivity index (χ4v) is 4.63. The van der Waals surface area contributed by atoms with Gasteiger partial charge in [-0.1, -0.05) is 32.1 Å². The average molecular weight is 307 g/mol. The normalized spacial score (nSPS) is 30.8. The Morgan fingerprint density at radius 3 is 2.91 bits per heavy atom. The van der Waals surface area contributed by atoms with Gasteiger partial charge in [0.25, 0.3) is 0 Å². The first-order chi connectivity index (χ1) is 11.1. The van der Waals surface area contributed by atoms with Crippen LogP contribution < -0.4 is 11.1 Å². The zero-order valence-electron chi connectivity index (χ0n) is 13.5. The minimum atomic E-state index is -0.0656. The van der Waals surface area contributed by atoms with Gasteiger partial charge in [0.1, 0.15) is 0 Å². The van der Waals surface area contributed by atoms with Crippen LogP contribution in [-0.2, 0) is 0 Å². The van der Waals surface area contributed by atoms with Gasteiger partial charge in [0.2, 0.25) is 5.95 Å². The first kappa shape index (κ1) is 13.2. The molecule has 1 aromatic heterocycles. The second-order valence-corrected chi connectivity index (χ2v) is 7.55. The summed E-state index contributed by atoms with van der Waals surface area (Å²) in [5.41, 5.74) is 9.92. The van der Waals surface area contributed by atoms with E-state index in [2.05, 4.69) is 46.9 Å². The van der Waals surface area contributed by atoms with Gasteiger partial charge in [0.05, 0.1) is 11.0 Å². The molecule has 3 atom stereocenters. The van der Waals surface area contributed by atoms with Crippen molar-refractivity contribution < 1.29 is 0 Å². The third-order valence-corrected chi connectivity index (χ3v) is 6.15. The van der Waals surface area contributed by atoms with Gasteiger partial charge in [-0.2, -0.15) is 0 Å². The molecule has 1 aromatic carbocycles. The van der Waals surface area contributed by atoms with Crippen LogP contribution in [0.3, 0.4) is 0 Å². The smallest absolute Gasteiger partial charge is 0.212 e. The number of hydrogen-bond donors (Lipinski definition) is 2. The predicted molar refractivity (Wildman–Crippen MR) is 92.1 cm³/mol. The molecule has 0 saturated heterocycles. The molecular formula is C18H21N5. The topological polar surface area (TPSA) is 68.2 Å². The number of benzene rings is 1. The van der Waals surface area contributed by atoms with Crippen molar-refractivity contribution in [2.75, 3.05) is 5.32 Å². The zero-order chi connectivity index (χ0) is 15.8. The van der Waals surface area contributed by atoms with Crippen molar-refractivity contribution in [1.82, 2.24) is 9.55 Å². The van der Waals surface area contributed by atoms with Gasteiger partial charge in [-0.3, -0.25) is 9.88 Å². The molecule has 3 N–H and O–H groups in total. The van der Waals surface area contributed by atoms with Gasteiger partial charge in [0.15, 0.2) is 12.1 Å². The Bertz CT molecular complexity index is 873. The van der Waals surface area contributed by atoms with Crippen LogP contribution >= 0.6 is 0 Å². The van der Waals surface area contributed by atoms with E-state index in [1.165, 1.54) is 12.0 Å². The van der Waals surface area contributed by atoms with E-state index in [9.17, 15) is 0 Å². The quantitative estimate of drug-likeness (QED) is 0.795. The van der Waals surface area contributed by atoms with Crippen molar-refractivity contribution in [2.45, 2.75) is 32.9 Å². The first-order valence-corrected chi connectivity index (χ1v) is 8.33. The number of anilines is 1. The van der Waals surface area contributed by atoms with Crippen LogP contribution in [0.1, 0.15) is 32.9 Å². The Morgan fingerprint density at radius 2 is 2.13 bits per heavy atom. The summed E-state index contributed by atoms with van der Waals surface area (Å²) in [5, 5.41) is 3.12. The third-order valence-electron chi connectivity index (χ3n) is 6.15. The van der Waals surface area contributed by atoms with Crippen molar-refractivity contribution in [3.63, 3.8) is 0 Å². The predicted octanol–water partition coefficient (Wildman–Crippen LogP) is 3.27. The molecule has 0 spiro atoms. The van der Waals surface area contributed by atoms with Crippen LogP contribution in [0.4, 0.5) is 5.95 Å². The van der Waals surface area contributed by atoms with Gasteiger partial charge < -0.3 is 5.73 Å². The van der Waals surface area contributed by atoms with E-state index in [-0.39, 0.29) is 6.17 Å². The average Bonchev–Trinajstić information content (AvgIpc) is 2.91. The van der Waals surface area contributed by atoms with Crippen molar-refractivity contribution in [2.24, 2.45) is 28.0 Å². The van der Waals surface area contributed by atoms with Crippen LogP contribution in [0.15, 0.2) is 40.9 Å². The number of nitrogens with one attached hydrogen (secondary N) is 1. The number of aromatic nitrogens is 2. The Kier molecular flexibility index (Phi) is 2.38. The van der Waals surface area contributed by atoms with Crippen LogP contribution in [0.5, 0.6) is 0 Å². The number of fused-ring (bicyclic) bond motifs is 4. The summed E-state index contributed by atoms with van der Waals surface area (Å²) >= 11 is 0. The van der Waals surface area contributed by atoms with Gasteiger partial charge >= 0.3 is 0 Å². The summed E-state index contributed by atoms with van der Waals surface area (Å²) in [7, 11) is 0. The molecule has 118 valence electrons. The molecule has 0 amide bonds. The van der Waals surface area contributed by atoms with Gasteiger partial charge in [-0.25, -0.2) is 9.98 Å². The van der Waals surface area contributed by atoms with E-state index in [1.807, 2.05) is 12.1 Å². The molecule has 23 heavy (non-hydrogen) atoms. The lowest BCUT2D eigenvalue weighted by Gasteiger charge is -2.57. The molecule has 2 bridgehead atoms. The Hall–Kier alpha value is -2.30. The monoisotopic (exact) mass is 307 g/mol. The molecule has 3 unspecified atom stereocenters. The molecule has 1 aliphatic heterocycles. The molecule has 2 aromatic rings. The second-order valence-electron chi connectivity index (χ2n) is 7.55. The lowest BCUT2D eigenvalue weighted by molar-refractivity contribution is -0.0119. The number of rotatable bonds is 1. The van der Waals surface area contributed by atoms with Gasteiger partial charge in [-0.15, -0.1) is 0 Å². The summed E-state index contributed by atoms with van der Waals surface area (Å²) in [5.74, 6) is 2.66. The molecule has 3 aliphatic carbocycles. The first-order valence-electron chi connectivity index (χ1n) is 8.33. The fraction of sp³-hybridized carbons (Fsp3) is 0.444. The number of guanidine groups is 1. The molecule has 2 heterocycles. The Morgan fingerprint density at radius 1 is 1.30 bits per heavy atom. The number of hydrogen-bond acceptors (Lipinski definition) is 4. The van der Waals surface area contributed by atoms with Gasteiger partial charge in [-0.05, 0) is 47.8 Å². The van der Waals surface area contributed by atoms with E-state index in [4.69, 9.17) is 10.7 Å². The molecule has 0 radical (unpaired) electrons. The number of allylic oxidation sites excluding steroid dienone is 1. The molecule has 5 nitrogen and oxygen atoms in total. The number of para-hydroxylation sites is 2. The SMILES string of the molecule is CC1(C)C2CC=C(C3N=C(N)Nc4nc5ccccc5n43)C1C2. The Balaban J connectivity index is 1.69. The molecule has 5 heteroatoms. The number of imidazole rings is 1. The van der Waals surface area contributed by atoms with Crippen LogP contribution in [0.25, 0.3) is 11.0 Å². The Labute approximate surface area is 135 Å². The minimum absolute atomic E-state index is 0.0656. The van der Waals surface area contributed by atoms with E-state index >= 15 is 0 Å². The third kappa shape index (κ3) is 1.62. The highest BCUT2D eigenvalue weighted by Crippen LogP contribution is 2.61. The highest BCUT2D eigenvalue weighted by atomic mass is 15.4. The highest BCUT2D eigenvalue weighted by Gasteiger charge is 2.53. The second kappa shape index (κ2) is 4.16. The summed E-state index contributed by atoms with van der Waals surface area (Å²) in [6.07, 6.45) is 4.76. The van der Waals surface area contributed by atoms with E-state index in [0.29, 0.717) is 17.3 Å². The maximum absolute atomic E-state index is 6.05. The molecule has 4 aliphatic rings. The summed E-state index contributed by atoms with van der Waals surface area (Å²) < 4.78 is 2.20. The largest absolute Gasteiger partial charge is 0.370 e. The summed E-state index contributed by atoms with van der Waals surface area (Å²) in [6.45, 7) is 4.78. The number of nitrogens with two attached hydrogens (primary N) is 1. The fourth-order valence-electron chi connectivity index (χ4n) is 4.63. The van der Waals surface area contributed by atoms with Crippen molar-refractivity contribution in [3.05, 3.63) is 35.9 Å². The highest BCUT2D eigenvalue weighted by molar-refractivity contribution is 5.94.